The molecular weight excluding hydrogens is 348 g/mol. The molecule has 3 aromatic rings. The van der Waals surface area contributed by atoms with Crippen molar-refractivity contribution in [2.45, 2.75) is 11.8 Å². The normalized spacial score (nSPS) is 10.5. The lowest BCUT2D eigenvalue weighted by Crippen LogP contribution is -2.01. The Hall–Kier alpha value is -2.31. The van der Waals surface area contributed by atoms with Gasteiger partial charge in [-0.05, 0) is 12.1 Å². The largest absolute Gasteiger partial charge is 0.482 e. The van der Waals surface area contributed by atoms with Gasteiger partial charge in [0, 0.05) is 5.56 Å². The topological polar surface area (TPSA) is 65.2 Å². The monoisotopic (exact) mass is 360 g/mol. The van der Waals surface area contributed by atoms with Crippen LogP contribution in [0.4, 0.5) is 0 Å². The van der Waals surface area contributed by atoms with Crippen LogP contribution >= 0.6 is 23.4 Å². The van der Waals surface area contributed by atoms with Crippen molar-refractivity contribution in [3.63, 3.8) is 0 Å². The minimum Gasteiger partial charge on any atom is -0.482 e. The number of carbonyl (C=O) groups excluding carboxylic acids is 1. The third-order valence-electron chi connectivity index (χ3n) is 3.06. The van der Waals surface area contributed by atoms with Crippen molar-refractivity contribution in [2.24, 2.45) is 0 Å². The second-order valence-corrected chi connectivity index (χ2v) is 6.09. The Morgan fingerprint density at radius 1 is 1.08 bits per heavy atom. The predicted molar refractivity (Wildman–Crippen MR) is 91.6 cm³/mol. The van der Waals surface area contributed by atoms with Crippen molar-refractivity contribution < 1.29 is 13.9 Å². The molecule has 0 radical (unpaired) electrons. The predicted octanol–water partition coefficient (Wildman–Crippen LogP) is 4.28. The Kier molecular flexibility index (Phi) is 5.51. The molecule has 0 spiro atoms. The number of ketones is 1. The van der Waals surface area contributed by atoms with Crippen molar-refractivity contribution in [1.82, 2.24) is 10.2 Å². The quantitative estimate of drug-likeness (QED) is 0.463. The number of aromatic nitrogens is 2. The maximum absolute atomic E-state index is 12.0. The molecule has 0 saturated heterocycles. The Labute approximate surface area is 148 Å². The third kappa shape index (κ3) is 4.37. The van der Waals surface area contributed by atoms with E-state index < -0.39 is 0 Å². The molecular formula is C17H13ClN2O3S. The Balaban J connectivity index is 1.52. The summed E-state index contributed by atoms with van der Waals surface area (Å²) in [4.78, 5) is 12.0. The number of rotatable bonds is 7. The van der Waals surface area contributed by atoms with Crippen LogP contribution in [0.5, 0.6) is 5.75 Å². The van der Waals surface area contributed by atoms with Crippen molar-refractivity contribution >= 4 is 29.1 Å². The van der Waals surface area contributed by atoms with Gasteiger partial charge in [-0.3, -0.25) is 4.79 Å². The maximum Gasteiger partial charge on any atom is 0.277 e. The minimum atomic E-state index is 0.00710. The van der Waals surface area contributed by atoms with Crippen molar-refractivity contribution in [2.75, 3.05) is 5.75 Å². The van der Waals surface area contributed by atoms with Crippen molar-refractivity contribution in [3.8, 4) is 5.75 Å². The summed E-state index contributed by atoms with van der Waals surface area (Å²) >= 11 is 7.20. The van der Waals surface area contributed by atoms with Gasteiger partial charge in [-0.25, -0.2) is 0 Å². The van der Waals surface area contributed by atoms with Crippen LogP contribution in [0.15, 0.2) is 64.2 Å². The highest BCUT2D eigenvalue weighted by Crippen LogP contribution is 2.24. The first kappa shape index (κ1) is 16.5. The Morgan fingerprint density at radius 3 is 2.62 bits per heavy atom. The number of para-hydroxylation sites is 1. The molecule has 1 heterocycles. The van der Waals surface area contributed by atoms with Gasteiger partial charge in [-0.15, -0.1) is 10.2 Å². The van der Waals surface area contributed by atoms with Gasteiger partial charge in [0.1, 0.15) is 5.75 Å². The van der Waals surface area contributed by atoms with Gasteiger partial charge in [-0.1, -0.05) is 65.8 Å². The zero-order valence-electron chi connectivity index (χ0n) is 12.5. The van der Waals surface area contributed by atoms with E-state index >= 15 is 0 Å². The van der Waals surface area contributed by atoms with Crippen LogP contribution < -0.4 is 4.74 Å². The first-order chi connectivity index (χ1) is 11.7. The van der Waals surface area contributed by atoms with Crippen LogP contribution in [0.1, 0.15) is 16.2 Å². The summed E-state index contributed by atoms with van der Waals surface area (Å²) in [6.45, 7) is 0.115. The second-order valence-electron chi connectivity index (χ2n) is 4.76. The zero-order chi connectivity index (χ0) is 16.8. The molecule has 1 aromatic heterocycles. The molecule has 24 heavy (non-hydrogen) atoms. The highest BCUT2D eigenvalue weighted by atomic mass is 35.5. The maximum atomic E-state index is 12.0. The van der Waals surface area contributed by atoms with Gasteiger partial charge >= 0.3 is 0 Å². The number of carbonyl (C=O) groups is 1. The summed E-state index contributed by atoms with van der Waals surface area (Å²) in [7, 11) is 0. The summed E-state index contributed by atoms with van der Waals surface area (Å²) in [5.41, 5.74) is 0.659. The van der Waals surface area contributed by atoms with E-state index in [9.17, 15) is 4.79 Å². The van der Waals surface area contributed by atoms with E-state index in [1.807, 2.05) is 30.3 Å². The van der Waals surface area contributed by atoms with Crippen LogP contribution in [0.3, 0.4) is 0 Å². The summed E-state index contributed by atoms with van der Waals surface area (Å²) in [5.74, 6) is 1.11. The van der Waals surface area contributed by atoms with E-state index in [1.54, 1.807) is 24.3 Å². The summed E-state index contributed by atoms with van der Waals surface area (Å²) in [6.07, 6.45) is 0. The SMILES string of the molecule is O=C(CSc1nnc(COc2ccccc2Cl)o1)c1ccccc1. The van der Waals surface area contributed by atoms with Gasteiger partial charge in [0.05, 0.1) is 10.8 Å². The molecule has 0 bridgehead atoms. The number of halogens is 1. The number of ether oxygens (including phenoxy) is 1. The molecule has 122 valence electrons. The molecule has 3 rings (SSSR count). The third-order valence-corrected chi connectivity index (χ3v) is 4.19. The molecule has 0 N–H and O–H groups in total. The first-order valence-corrected chi connectivity index (χ1v) is 8.49. The molecule has 0 aliphatic rings. The van der Waals surface area contributed by atoms with E-state index in [4.69, 9.17) is 20.8 Å². The Bertz CT molecular complexity index is 823. The molecule has 0 saturated carbocycles. The van der Waals surface area contributed by atoms with E-state index in [2.05, 4.69) is 10.2 Å². The number of nitrogens with zero attached hydrogens (tertiary/aromatic N) is 2. The van der Waals surface area contributed by atoms with Crippen molar-refractivity contribution in [3.05, 3.63) is 71.1 Å². The number of Topliss-reactive ketones (excluding diaryl/α,β-unsaturated/α-hetero) is 1. The lowest BCUT2D eigenvalue weighted by molar-refractivity contribution is 0.102. The fourth-order valence-electron chi connectivity index (χ4n) is 1.89. The Morgan fingerprint density at radius 2 is 1.83 bits per heavy atom. The van der Waals surface area contributed by atoms with Crippen LogP contribution in [-0.2, 0) is 6.61 Å². The molecule has 0 fully saturated rings. The molecule has 7 heteroatoms. The van der Waals surface area contributed by atoms with Crippen LogP contribution in [0.25, 0.3) is 0 Å². The average molecular weight is 361 g/mol. The molecule has 0 aliphatic heterocycles. The van der Waals surface area contributed by atoms with Gasteiger partial charge in [0.2, 0.25) is 0 Å². The summed E-state index contributed by atoms with van der Waals surface area (Å²) in [5, 5.41) is 8.64. The molecule has 0 amide bonds. The minimum absolute atomic E-state index is 0.00710. The fourth-order valence-corrected chi connectivity index (χ4v) is 2.76. The van der Waals surface area contributed by atoms with Crippen LogP contribution in [-0.4, -0.2) is 21.7 Å². The summed E-state index contributed by atoms with van der Waals surface area (Å²) in [6, 6.07) is 16.2. The van der Waals surface area contributed by atoms with E-state index in [0.29, 0.717) is 27.4 Å². The van der Waals surface area contributed by atoms with Gasteiger partial charge in [0.25, 0.3) is 11.1 Å². The molecule has 0 aliphatic carbocycles. The molecule has 0 unspecified atom stereocenters. The zero-order valence-corrected chi connectivity index (χ0v) is 14.1. The summed E-state index contributed by atoms with van der Waals surface area (Å²) < 4.78 is 11.0. The average Bonchev–Trinajstić information content (AvgIpc) is 3.08. The highest BCUT2D eigenvalue weighted by molar-refractivity contribution is 7.99. The highest BCUT2D eigenvalue weighted by Gasteiger charge is 2.12. The number of benzene rings is 2. The number of hydrogen-bond donors (Lipinski definition) is 0. The fraction of sp³-hybridized carbons (Fsp3) is 0.118. The lowest BCUT2D eigenvalue weighted by atomic mass is 10.2. The van der Waals surface area contributed by atoms with E-state index in [1.165, 1.54) is 11.8 Å². The van der Waals surface area contributed by atoms with E-state index in [0.717, 1.165) is 0 Å². The molecule has 5 nitrogen and oxygen atoms in total. The van der Waals surface area contributed by atoms with Gasteiger partial charge in [0.15, 0.2) is 12.4 Å². The van der Waals surface area contributed by atoms with Crippen LogP contribution in [0.2, 0.25) is 5.02 Å². The lowest BCUT2D eigenvalue weighted by Gasteiger charge is -2.04. The van der Waals surface area contributed by atoms with Gasteiger partial charge < -0.3 is 9.15 Å². The molecule has 0 atom stereocenters. The second kappa shape index (κ2) is 7.99. The number of hydrogen-bond acceptors (Lipinski definition) is 6. The standard InChI is InChI=1S/C17H13ClN2O3S/c18-13-8-4-5-9-15(13)22-10-16-19-20-17(23-16)24-11-14(21)12-6-2-1-3-7-12/h1-9H,10-11H2. The number of thioether (sulfide) groups is 1. The van der Waals surface area contributed by atoms with Gasteiger partial charge in [-0.2, -0.15) is 0 Å². The van der Waals surface area contributed by atoms with E-state index in [-0.39, 0.29) is 18.1 Å². The smallest absolute Gasteiger partial charge is 0.277 e. The van der Waals surface area contributed by atoms with Crippen LogP contribution in [0, 0.1) is 0 Å². The molecule has 2 aromatic carbocycles. The first-order valence-electron chi connectivity index (χ1n) is 7.13. The van der Waals surface area contributed by atoms with Crippen molar-refractivity contribution in [1.29, 1.82) is 0 Å².